The average Bonchev–Trinajstić information content (AvgIpc) is 2.79. The minimum atomic E-state index is -0.361. The largest absolute Gasteiger partial charge is 0.496 e. The van der Waals surface area contributed by atoms with Crippen molar-refractivity contribution in [1.29, 1.82) is 5.26 Å². The van der Waals surface area contributed by atoms with Gasteiger partial charge in [-0.2, -0.15) is 5.26 Å². The Morgan fingerprint density at radius 2 is 1.61 bits per heavy atom. The summed E-state index contributed by atoms with van der Waals surface area (Å²) in [7, 11) is 1.59. The number of esters is 1. The van der Waals surface area contributed by atoms with Crippen LogP contribution in [-0.2, 0) is 11.2 Å². The Morgan fingerprint density at radius 1 is 0.935 bits per heavy atom. The number of hydrogen-bond acceptors (Lipinski definition) is 4. The lowest BCUT2D eigenvalue weighted by Crippen LogP contribution is -2.12. The van der Waals surface area contributed by atoms with Gasteiger partial charge in [-0.15, -0.1) is 0 Å². The fourth-order valence-corrected chi connectivity index (χ4v) is 3.86. The molecule has 0 aliphatic heterocycles. The number of carbonyl (C=O) groups excluding carboxylic acids is 1. The summed E-state index contributed by atoms with van der Waals surface area (Å²) in [6.07, 6.45) is 0.0967. The summed E-state index contributed by atoms with van der Waals surface area (Å²) >= 11 is 3.48. The van der Waals surface area contributed by atoms with Gasteiger partial charge in [0.2, 0.25) is 0 Å². The summed E-state index contributed by atoms with van der Waals surface area (Å²) < 4.78 is 12.0. The molecule has 0 amide bonds. The molecule has 4 aromatic carbocycles. The molecule has 0 spiro atoms. The molecule has 0 saturated heterocycles. The first-order valence-electron chi connectivity index (χ1n) is 9.64. The molecule has 0 unspecified atom stereocenters. The van der Waals surface area contributed by atoms with Gasteiger partial charge in [0.05, 0.1) is 25.2 Å². The topological polar surface area (TPSA) is 59.3 Å². The first-order valence-corrected chi connectivity index (χ1v) is 10.4. The molecular weight excluding hydrogens is 454 g/mol. The second-order valence-corrected chi connectivity index (χ2v) is 7.89. The summed E-state index contributed by atoms with van der Waals surface area (Å²) in [6, 6.07) is 26.5. The van der Waals surface area contributed by atoms with E-state index in [9.17, 15) is 4.79 Å². The molecule has 4 rings (SSSR count). The van der Waals surface area contributed by atoms with Crippen molar-refractivity contribution in [2.75, 3.05) is 7.11 Å². The Bertz CT molecular complexity index is 1290. The van der Waals surface area contributed by atoms with Crippen molar-refractivity contribution in [3.63, 3.8) is 0 Å². The minimum Gasteiger partial charge on any atom is -0.496 e. The number of nitriles is 1. The highest BCUT2D eigenvalue weighted by Crippen LogP contribution is 2.31. The highest BCUT2D eigenvalue weighted by Gasteiger charge is 2.15. The molecule has 0 atom stereocenters. The van der Waals surface area contributed by atoms with Gasteiger partial charge in [-0.3, -0.25) is 4.79 Å². The first-order chi connectivity index (χ1) is 15.1. The van der Waals surface area contributed by atoms with Crippen LogP contribution in [0.2, 0.25) is 0 Å². The third-order valence-corrected chi connectivity index (χ3v) is 5.52. The number of halogens is 1. The molecule has 5 heteroatoms. The highest BCUT2D eigenvalue weighted by atomic mass is 79.9. The molecule has 0 fully saturated rings. The second-order valence-electron chi connectivity index (χ2n) is 6.98. The molecule has 0 N–H and O–H groups in total. The predicted molar refractivity (Wildman–Crippen MR) is 124 cm³/mol. The normalized spacial score (nSPS) is 10.5. The van der Waals surface area contributed by atoms with Crippen molar-refractivity contribution in [3.05, 3.63) is 94.5 Å². The smallest absolute Gasteiger partial charge is 0.315 e. The average molecular weight is 472 g/mol. The van der Waals surface area contributed by atoms with E-state index < -0.39 is 0 Å². The van der Waals surface area contributed by atoms with E-state index in [0.717, 1.165) is 31.9 Å². The lowest BCUT2D eigenvalue weighted by molar-refractivity contribution is -0.133. The molecule has 0 saturated carbocycles. The number of hydrogen-bond donors (Lipinski definition) is 0. The van der Waals surface area contributed by atoms with E-state index in [1.54, 1.807) is 31.4 Å². The van der Waals surface area contributed by atoms with Crippen LogP contribution >= 0.6 is 15.9 Å². The number of nitrogens with zero attached hydrogens (tertiary/aromatic N) is 1. The van der Waals surface area contributed by atoms with Crippen LogP contribution in [0.15, 0.2) is 83.3 Å². The Kier molecular flexibility index (Phi) is 6.01. The van der Waals surface area contributed by atoms with E-state index in [4.69, 9.17) is 14.7 Å². The van der Waals surface area contributed by atoms with Crippen LogP contribution in [0.25, 0.3) is 21.9 Å². The molecular formula is C26H18BrNO3. The predicted octanol–water partition coefficient (Wildman–Crippen LogP) is 6.30. The first kappa shape index (κ1) is 20.6. The molecule has 152 valence electrons. The Balaban J connectivity index is 1.52. The summed E-state index contributed by atoms with van der Waals surface area (Å²) in [5.74, 6) is 0.770. The van der Waals surface area contributed by atoms with Crippen molar-refractivity contribution in [2.24, 2.45) is 0 Å². The van der Waals surface area contributed by atoms with Crippen molar-refractivity contribution in [3.8, 4) is 28.7 Å². The van der Waals surface area contributed by atoms with E-state index in [-0.39, 0.29) is 12.4 Å². The standard InChI is InChI=1S/C26H18BrNO3/c1-30-25-13-8-20-14-21(27)9-12-23(20)24(25)15-26(29)31-22-10-6-19(7-11-22)18-4-2-17(16-28)3-5-18/h2-14H,15H2,1H3. The number of benzene rings is 4. The van der Waals surface area contributed by atoms with Crippen LogP contribution in [-0.4, -0.2) is 13.1 Å². The molecule has 0 radical (unpaired) electrons. The molecule has 0 heterocycles. The van der Waals surface area contributed by atoms with E-state index in [0.29, 0.717) is 17.1 Å². The molecule has 4 aromatic rings. The third-order valence-electron chi connectivity index (χ3n) is 5.02. The molecule has 0 aliphatic carbocycles. The summed E-state index contributed by atoms with van der Waals surface area (Å²) in [5, 5.41) is 10.9. The quantitative estimate of drug-likeness (QED) is 0.253. The molecule has 0 bridgehead atoms. The number of fused-ring (bicyclic) bond motifs is 1. The maximum atomic E-state index is 12.7. The number of carbonyl (C=O) groups is 1. The Labute approximate surface area is 188 Å². The maximum Gasteiger partial charge on any atom is 0.315 e. The van der Waals surface area contributed by atoms with Crippen molar-refractivity contribution in [1.82, 2.24) is 0 Å². The minimum absolute atomic E-state index is 0.0967. The van der Waals surface area contributed by atoms with Gasteiger partial charge >= 0.3 is 5.97 Å². The Morgan fingerprint density at radius 3 is 2.26 bits per heavy atom. The van der Waals surface area contributed by atoms with E-state index >= 15 is 0 Å². The van der Waals surface area contributed by atoms with Gasteiger partial charge in [-0.05, 0) is 64.4 Å². The van der Waals surface area contributed by atoms with Gasteiger partial charge in [0.1, 0.15) is 11.5 Å². The molecule has 0 aliphatic rings. The molecule has 4 nitrogen and oxygen atoms in total. The summed E-state index contributed by atoms with van der Waals surface area (Å²) in [4.78, 5) is 12.7. The fourth-order valence-electron chi connectivity index (χ4n) is 3.48. The highest BCUT2D eigenvalue weighted by molar-refractivity contribution is 9.10. The lowest BCUT2D eigenvalue weighted by Gasteiger charge is -2.12. The van der Waals surface area contributed by atoms with Gasteiger partial charge in [0.25, 0.3) is 0 Å². The number of ether oxygens (including phenoxy) is 2. The van der Waals surface area contributed by atoms with E-state index in [1.165, 1.54) is 0 Å². The Hall–Kier alpha value is -3.62. The van der Waals surface area contributed by atoms with Crippen LogP contribution < -0.4 is 9.47 Å². The van der Waals surface area contributed by atoms with Crippen LogP contribution in [0.5, 0.6) is 11.5 Å². The van der Waals surface area contributed by atoms with Crippen LogP contribution in [0.1, 0.15) is 11.1 Å². The van der Waals surface area contributed by atoms with Crippen molar-refractivity contribution in [2.45, 2.75) is 6.42 Å². The molecule has 31 heavy (non-hydrogen) atoms. The summed E-state index contributed by atoms with van der Waals surface area (Å²) in [6.45, 7) is 0. The van der Waals surface area contributed by atoms with E-state index in [2.05, 4.69) is 22.0 Å². The number of methoxy groups -OCH3 is 1. The summed E-state index contributed by atoms with van der Waals surface area (Å²) in [5.41, 5.74) is 3.38. The van der Waals surface area contributed by atoms with Gasteiger partial charge < -0.3 is 9.47 Å². The third kappa shape index (κ3) is 4.60. The van der Waals surface area contributed by atoms with Crippen molar-refractivity contribution < 1.29 is 14.3 Å². The van der Waals surface area contributed by atoms with Crippen LogP contribution in [0.3, 0.4) is 0 Å². The zero-order chi connectivity index (χ0) is 21.8. The number of rotatable bonds is 5. The van der Waals surface area contributed by atoms with Gasteiger partial charge in [0.15, 0.2) is 0 Å². The maximum absolute atomic E-state index is 12.7. The molecule has 0 aromatic heterocycles. The van der Waals surface area contributed by atoms with Crippen LogP contribution in [0, 0.1) is 11.3 Å². The zero-order valence-corrected chi connectivity index (χ0v) is 18.3. The van der Waals surface area contributed by atoms with Crippen LogP contribution in [0.4, 0.5) is 0 Å². The second kappa shape index (κ2) is 9.03. The van der Waals surface area contributed by atoms with Gasteiger partial charge in [0, 0.05) is 10.0 Å². The van der Waals surface area contributed by atoms with E-state index in [1.807, 2.05) is 54.6 Å². The fraction of sp³-hybridized carbons (Fsp3) is 0.0769. The SMILES string of the molecule is COc1ccc2cc(Br)ccc2c1CC(=O)Oc1ccc(-c2ccc(C#N)cc2)cc1. The van der Waals surface area contributed by atoms with Gasteiger partial charge in [-0.1, -0.05) is 52.3 Å². The van der Waals surface area contributed by atoms with Crippen molar-refractivity contribution >= 4 is 32.7 Å². The monoisotopic (exact) mass is 471 g/mol. The lowest BCUT2D eigenvalue weighted by atomic mass is 10.0. The zero-order valence-electron chi connectivity index (χ0n) is 16.8. The van der Waals surface area contributed by atoms with Gasteiger partial charge in [-0.25, -0.2) is 0 Å².